The van der Waals surface area contributed by atoms with Crippen LogP contribution in [-0.2, 0) is 16.1 Å². The van der Waals surface area contributed by atoms with E-state index in [1.165, 1.54) is 4.90 Å². The zero-order valence-corrected chi connectivity index (χ0v) is 14.2. The highest BCUT2D eigenvalue weighted by Gasteiger charge is 2.34. The van der Waals surface area contributed by atoms with Crippen LogP contribution in [0.3, 0.4) is 0 Å². The number of carbonyl (C=O) groups excluding carboxylic acids is 2. The van der Waals surface area contributed by atoms with Crippen molar-refractivity contribution in [2.75, 3.05) is 11.9 Å². The monoisotopic (exact) mass is 382 g/mol. The zero-order chi connectivity index (χ0) is 18.8. The molecular weight excluding hydrogens is 369 g/mol. The van der Waals surface area contributed by atoms with Crippen LogP contribution in [0, 0.1) is 23.4 Å². The molecule has 1 aliphatic rings. The number of nitrogens with one attached hydrogen (secondary N) is 1. The van der Waals surface area contributed by atoms with Crippen molar-refractivity contribution in [3.05, 3.63) is 64.4 Å². The number of hydrogen-bond acceptors (Lipinski definition) is 2. The third kappa shape index (κ3) is 3.83. The van der Waals surface area contributed by atoms with Gasteiger partial charge in [0.05, 0.1) is 11.6 Å². The van der Waals surface area contributed by atoms with Gasteiger partial charge in [-0.2, -0.15) is 0 Å². The predicted molar refractivity (Wildman–Crippen MR) is 89.9 cm³/mol. The summed E-state index contributed by atoms with van der Waals surface area (Å²) in [4.78, 5) is 25.9. The van der Waals surface area contributed by atoms with Gasteiger partial charge in [0.25, 0.3) is 0 Å². The van der Waals surface area contributed by atoms with E-state index in [4.69, 9.17) is 11.6 Å². The lowest BCUT2D eigenvalue weighted by Gasteiger charge is -2.17. The summed E-state index contributed by atoms with van der Waals surface area (Å²) in [7, 11) is 0. The Morgan fingerprint density at radius 1 is 1.12 bits per heavy atom. The minimum absolute atomic E-state index is 0.0370. The van der Waals surface area contributed by atoms with Gasteiger partial charge in [0.1, 0.15) is 0 Å². The van der Waals surface area contributed by atoms with E-state index in [1.807, 2.05) is 0 Å². The number of carbonyl (C=O) groups is 2. The van der Waals surface area contributed by atoms with Gasteiger partial charge in [-0.05, 0) is 29.8 Å². The number of halogens is 4. The number of benzene rings is 2. The summed E-state index contributed by atoms with van der Waals surface area (Å²) in [6, 6.07) is 8.62. The lowest BCUT2D eigenvalue weighted by Crippen LogP contribution is -2.28. The Morgan fingerprint density at radius 3 is 2.50 bits per heavy atom. The fourth-order valence-corrected chi connectivity index (χ4v) is 2.89. The normalized spacial score (nSPS) is 16.8. The average molecular weight is 383 g/mol. The Kier molecular flexibility index (Phi) is 5.18. The van der Waals surface area contributed by atoms with Crippen LogP contribution in [-0.4, -0.2) is 23.3 Å². The topological polar surface area (TPSA) is 49.4 Å². The molecule has 2 aromatic rings. The summed E-state index contributed by atoms with van der Waals surface area (Å²) < 4.78 is 39.9. The molecule has 1 saturated heterocycles. The van der Waals surface area contributed by atoms with Gasteiger partial charge in [-0.15, -0.1) is 0 Å². The van der Waals surface area contributed by atoms with Crippen molar-refractivity contribution in [3.63, 3.8) is 0 Å². The highest BCUT2D eigenvalue weighted by Crippen LogP contribution is 2.24. The molecule has 1 unspecified atom stereocenters. The Hall–Kier alpha value is -2.54. The minimum Gasteiger partial charge on any atom is -0.338 e. The van der Waals surface area contributed by atoms with E-state index in [1.54, 1.807) is 24.3 Å². The molecule has 136 valence electrons. The molecule has 1 heterocycles. The standard InChI is InChI=1S/C18H14ClF3N2O2/c19-12-3-1-10(2-4-12)8-24-9-11(7-15(24)25)18(26)23-14-6-5-13(20)16(21)17(14)22/h1-6,11H,7-9H2,(H,23,26). The number of nitrogens with zero attached hydrogens (tertiary/aromatic N) is 1. The zero-order valence-electron chi connectivity index (χ0n) is 13.4. The maximum atomic E-state index is 13.7. The molecule has 1 fully saturated rings. The number of anilines is 1. The first-order valence-corrected chi connectivity index (χ1v) is 8.19. The van der Waals surface area contributed by atoms with E-state index in [-0.39, 0.29) is 18.9 Å². The Balaban J connectivity index is 1.65. The van der Waals surface area contributed by atoms with Gasteiger partial charge >= 0.3 is 0 Å². The maximum absolute atomic E-state index is 13.7. The van der Waals surface area contributed by atoms with Crippen molar-refractivity contribution in [1.29, 1.82) is 0 Å². The Bertz CT molecular complexity index is 858. The fourth-order valence-electron chi connectivity index (χ4n) is 2.77. The lowest BCUT2D eigenvalue weighted by atomic mass is 10.1. The first-order valence-electron chi connectivity index (χ1n) is 7.81. The summed E-state index contributed by atoms with van der Waals surface area (Å²) in [6.07, 6.45) is -0.0370. The smallest absolute Gasteiger partial charge is 0.229 e. The number of amides is 2. The molecule has 0 spiro atoms. The molecule has 1 atom stereocenters. The molecule has 0 saturated carbocycles. The summed E-state index contributed by atoms with van der Waals surface area (Å²) in [5, 5.41) is 2.79. The second-order valence-electron chi connectivity index (χ2n) is 6.01. The number of rotatable bonds is 4. The van der Waals surface area contributed by atoms with Crippen molar-refractivity contribution in [2.45, 2.75) is 13.0 Å². The third-order valence-electron chi connectivity index (χ3n) is 4.17. The molecule has 2 amide bonds. The van der Waals surface area contributed by atoms with Crippen LogP contribution < -0.4 is 5.32 Å². The Labute approximate surface area is 152 Å². The van der Waals surface area contributed by atoms with Gasteiger partial charge in [-0.1, -0.05) is 23.7 Å². The number of likely N-dealkylation sites (tertiary alicyclic amines) is 1. The van der Waals surface area contributed by atoms with E-state index in [9.17, 15) is 22.8 Å². The minimum atomic E-state index is -1.66. The van der Waals surface area contributed by atoms with Gasteiger partial charge in [-0.25, -0.2) is 13.2 Å². The van der Waals surface area contributed by atoms with Crippen molar-refractivity contribution in [2.24, 2.45) is 5.92 Å². The SMILES string of the molecule is O=C(Nc1ccc(F)c(F)c1F)C1CC(=O)N(Cc2ccc(Cl)cc2)C1. The molecule has 4 nitrogen and oxygen atoms in total. The van der Waals surface area contributed by atoms with Crippen LogP contribution in [0.25, 0.3) is 0 Å². The fraction of sp³-hybridized carbons (Fsp3) is 0.222. The van der Waals surface area contributed by atoms with E-state index in [0.29, 0.717) is 11.6 Å². The predicted octanol–water partition coefficient (Wildman–Crippen LogP) is 3.74. The lowest BCUT2D eigenvalue weighted by molar-refractivity contribution is -0.128. The highest BCUT2D eigenvalue weighted by molar-refractivity contribution is 6.30. The molecule has 2 aromatic carbocycles. The summed E-state index contributed by atoms with van der Waals surface area (Å²) in [6.45, 7) is 0.470. The molecular formula is C18H14ClF3N2O2. The van der Waals surface area contributed by atoms with Crippen molar-refractivity contribution in [1.82, 2.24) is 4.90 Å². The largest absolute Gasteiger partial charge is 0.338 e. The third-order valence-corrected chi connectivity index (χ3v) is 4.42. The van der Waals surface area contributed by atoms with Gasteiger partial charge in [0, 0.05) is 24.5 Å². The van der Waals surface area contributed by atoms with Gasteiger partial charge < -0.3 is 10.2 Å². The van der Waals surface area contributed by atoms with Crippen molar-refractivity contribution >= 4 is 29.1 Å². The van der Waals surface area contributed by atoms with Crippen LogP contribution >= 0.6 is 11.6 Å². The quantitative estimate of drug-likeness (QED) is 0.819. The van der Waals surface area contributed by atoms with Crippen LogP contribution in [0.5, 0.6) is 0 Å². The van der Waals surface area contributed by atoms with E-state index in [2.05, 4.69) is 5.32 Å². The Morgan fingerprint density at radius 2 is 1.81 bits per heavy atom. The first kappa shape index (κ1) is 18.3. The highest BCUT2D eigenvalue weighted by atomic mass is 35.5. The summed E-state index contributed by atoms with van der Waals surface area (Å²) in [5.41, 5.74) is 0.396. The maximum Gasteiger partial charge on any atom is 0.229 e. The van der Waals surface area contributed by atoms with Gasteiger partial charge in [-0.3, -0.25) is 9.59 Å². The van der Waals surface area contributed by atoms with Gasteiger partial charge in [0.15, 0.2) is 17.5 Å². The molecule has 1 aliphatic heterocycles. The molecule has 0 aromatic heterocycles. The van der Waals surface area contributed by atoms with Crippen LogP contribution in [0.15, 0.2) is 36.4 Å². The molecule has 3 rings (SSSR count). The molecule has 1 N–H and O–H groups in total. The second kappa shape index (κ2) is 7.37. The molecule has 0 radical (unpaired) electrons. The second-order valence-corrected chi connectivity index (χ2v) is 6.45. The summed E-state index contributed by atoms with van der Waals surface area (Å²) >= 11 is 5.82. The molecule has 0 bridgehead atoms. The van der Waals surface area contributed by atoms with Gasteiger partial charge in [0.2, 0.25) is 11.8 Å². The number of hydrogen-bond donors (Lipinski definition) is 1. The molecule has 26 heavy (non-hydrogen) atoms. The van der Waals surface area contributed by atoms with E-state index in [0.717, 1.165) is 17.7 Å². The van der Waals surface area contributed by atoms with E-state index >= 15 is 0 Å². The van der Waals surface area contributed by atoms with Crippen molar-refractivity contribution in [3.8, 4) is 0 Å². The van der Waals surface area contributed by atoms with Crippen LogP contribution in [0.1, 0.15) is 12.0 Å². The first-order chi connectivity index (χ1) is 12.3. The van der Waals surface area contributed by atoms with Crippen LogP contribution in [0.4, 0.5) is 18.9 Å². The molecule has 8 heteroatoms. The average Bonchev–Trinajstić information content (AvgIpc) is 2.98. The molecule has 0 aliphatic carbocycles. The summed E-state index contributed by atoms with van der Waals surface area (Å²) in [5.74, 6) is -6.02. The van der Waals surface area contributed by atoms with E-state index < -0.39 is 35.0 Å². The van der Waals surface area contributed by atoms with Crippen LogP contribution in [0.2, 0.25) is 5.02 Å². The van der Waals surface area contributed by atoms with Crippen molar-refractivity contribution < 1.29 is 22.8 Å².